The highest BCUT2D eigenvalue weighted by atomic mass is 19.4. The fraction of sp³-hybridized carbons (Fsp3) is 0.312. The molecule has 1 aromatic heterocycles. The monoisotopic (exact) mass is 326 g/mol. The van der Waals surface area contributed by atoms with Crippen LogP contribution in [0.5, 0.6) is 5.75 Å². The molecule has 0 radical (unpaired) electrons. The number of rotatable bonds is 7. The normalized spacial score (nSPS) is 11.3. The maximum absolute atomic E-state index is 12.7. The summed E-state index contributed by atoms with van der Waals surface area (Å²) in [7, 11) is 1.58. The minimum atomic E-state index is -4.39. The van der Waals surface area contributed by atoms with Gasteiger partial charge in [0.1, 0.15) is 18.2 Å². The first kappa shape index (κ1) is 17.1. The molecule has 4 nitrogen and oxygen atoms in total. The van der Waals surface area contributed by atoms with Gasteiger partial charge in [0.25, 0.3) is 0 Å². The Morgan fingerprint density at radius 1 is 1.13 bits per heavy atom. The molecule has 124 valence electrons. The summed E-state index contributed by atoms with van der Waals surface area (Å²) in [6, 6.07) is 9.21. The summed E-state index contributed by atoms with van der Waals surface area (Å²) in [4.78, 5) is 3.90. The molecule has 0 fully saturated rings. The molecular formula is C16H17F3N2O2. The molecule has 1 heterocycles. The smallest absolute Gasteiger partial charge is 0.416 e. The summed E-state index contributed by atoms with van der Waals surface area (Å²) in [5.41, 5.74) is 0.0856. The molecule has 0 aliphatic heterocycles. The molecule has 0 amide bonds. The van der Waals surface area contributed by atoms with Gasteiger partial charge in [-0.05, 0) is 18.2 Å². The maximum atomic E-state index is 12.7. The van der Waals surface area contributed by atoms with Crippen LogP contribution in [0.15, 0.2) is 42.6 Å². The van der Waals surface area contributed by atoms with Crippen molar-refractivity contribution < 1.29 is 22.6 Å². The Morgan fingerprint density at radius 2 is 1.91 bits per heavy atom. The number of nitrogens with zero attached hydrogens (tertiary/aromatic N) is 1. The third kappa shape index (κ3) is 5.14. The van der Waals surface area contributed by atoms with Gasteiger partial charge in [0.2, 0.25) is 0 Å². The zero-order valence-corrected chi connectivity index (χ0v) is 12.6. The molecule has 7 heteroatoms. The number of alkyl halides is 3. The Hall–Kier alpha value is -2.28. The summed E-state index contributed by atoms with van der Waals surface area (Å²) >= 11 is 0. The van der Waals surface area contributed by atoms with Gasteiger partial charge in [0, 0.05) is 25.4 Å². The second-order valence-electron chi connectivity index (χ2n) is 4.73. The van der Waals surface area contributed by atoms with Gasteiger partial charge in [0.15, 0.2) is 0 Å². The molecule has 2 aromatic rings. The lowest BCUT2D eigenvalue weighted by Gasteiger charge is -2.13. The van der Waals surface area contributed by atoms with E-state index in [1.54, 1.807) is 13.2 Å². The Morgan fingerprint density at radius 3 is 2.65 bits per heavy atom. The van der Waals surface area contributed by atoms with Crippen LogP contribution in [0.25, 0.3) is 0 Å². The second kappa shape index (κ2) is 7.82. The van der Waals surface area contributed by atoms with Gasteiger partial charge in [-0.2, -0.15) is 13.2 Å². The van der Waals surface area contributed by atoms with E-state index in [0.29, 0.717) is 25.5 Å². The Balaban J connectivity index is 2.03. The van der Waals surface area contributed by atoms with Crippen LogP contribution in [0.1, 0.15) is 11.1 Å². The summed E-state index contributed by atoms with van der Waals surface area (Å²) in [5.74, 6) is 0.815. The highest BCUT2D eigenvalue weighted by Crippen LogP contribution is 2.30. The van der Waals surface area contributed by atoms with Crippen molar-refractivity contribution in [3.63, 3.8) is 0 Å². The van der Waals surface area contributed by atoms with Crippen LogP contribution < -0.4 is 10.1 Å². The molecule has 0 aliphatic carbocycles. The van der Waals surface area contributed by atoms with Gasteiger partial charge in [-0.3, -0.25) is 0 Å². The van der Waals surface area contributed by atoms with Gasteiger partial charge >= 0.3 is 6.18 Å². The van der Waals surface area contributed by atoms with Crippen molar-refractivity contribution in [1.82, 2.24) is 4.98 Å². The number of ether oxygens (including phenoxy) is 2. The van der Waals surface area contributed by atoms with Crippen molar-refractivity contribution in [2.75, 3.05) is 25.6 Å². The Labute approximate surface area is 132 Å². The molecule has 0 saturated carbocycles. The van der Waals surface area contributed by atoms with Crippen LogP contribution in [-0.4, -0.2) is 25.3 Å². The minimum Gasteiger partial charge on any atom is -0.491 e. The summed E-state index contributed by atoms with van der Waals surface area (Å²) in [6.45, 7) is 1.16. The number of methoxy groups -OCH3 is 1. The molecule has 0 bridgehead atoms. The van der Waals surface area contributed by atoms with Crippen molar-refractivity contribution >= 4 is 5.82 Å². The first-order valence-corrected chi connectivity index (χ1v) is 6.97. The Kier molecular flexibility index (Phi) is 5.81. The van der Waals surface area contributed by atoms with Gasteiger partial charge in [-0.15, -0.1) is 0 Å². The van der Waals surface area contributed by atoms with E-state index in [-0.39, 0.29) is 5.82 Å². The summed E-state index contributed by atoms with van der Waals surface area (Å²) in [6.07, 6.45) is -3.26. The van der Waals surface area contributed by atoms with Gasteiger partial charge in [-0.25, -0.2) is 4.98 Å². The number of halogens is 3. The lowest BCUT2D eigenvalue weighted by Crippen LogP contribution is -2.09. The van der Waals surface area contributed by atoms with Crippen LogP contribution in [0.4, 0.5) is 19.0 Å². The SMILES string of the molecule is COCCOc1ccccc1CNc1cc(C(F)(F)F)ccn1. The van der Waals surface area contributed by atoms with Crippen molar-refractivity contribution in [1.29, 1.82) is 0 Å². The summed E-state index contributed by atoms with van der Waals surface area (Å²) in [5, 5.41) is 2.88. The van der Waals surface area contributed by atoms with Crippen LogP contribution in [0, 0.1) is 0 Å². The van der Waals surface area contributed by atoms with E-state index in [4.69, 9.17) is 9.47 Å². The molecule has 2 rings (SSSR count). The predicted octanol–water partition coefficient (Wildman–Crippen LogP) is 3.74. The number of anilines is 1. The van der Waals surface area contributed by atoms with E-state index in [2.05, 4.69) is 10.3 Å². The quantitative estimate of drug-likeness (QED) is 0.787. The molecule has 1 aromatic carbocycles. The van der Waals surface area contributed by atoms with E-state index in [1.165, 1.54) is 0 Å². The number of aromatic nitrogens is 1. The predicted molar refractivity (Wildman–Crippen MR) is 80.4 cm³/mol. The fourth-order valence-corrected chi connectivity index (χ4v) is 1.91. The molecule has 23 heavy (non-hydrogen) atoms. The van der Waals surface area contributed by atoms with Crippen LogP contribution in [0.3, 0.4) is 0 Å². The second-order valence-corrected chi connectivity index (χ2v) is 4.73. The maximum Gasteiger partial charge on any atom is 0.416 e. The van der Waals surface area contributed by atoms with E-state index in [9.17, 15) is 13.2 Å². The van der Waals surface area contributed by atoms with E-state index in [0.717, 1.165) is 23.9 Å². The summed E-state index contributed by atoms with van der Waals surface area (Å²) < 4.78 is 48.5. The largest absolute Gasteiger partial charge is 0.491 e. The number of nitrogens with one attached hydrogen (secondary N) is 1. The average molecular weight is 326 g/mol. The zero-order chi connectivity index (χ0) is 16.7. The highest BCUT2D eigenvalue weighted by molar-refractivity contribution is 5.42. The molecular weight excluding hydrogens is 309 g/mol. The zero-order valence-electron chi connectivity index (χ0n) is 12.6. The lowest BCUT2D eigenvalue weighted by molar-refractivity contribution is -0.137. The van der Waals surface area contributed by atoms with Crippen LogP contribution in [0.2, 0.25) is 0 Å². The molecule has 0 spiro atoms. The number of benzene rings is 1. The molecule has 0 unspecified atom stereocenters. The van der Waals surface area contributed by atoms with Gasteiger partial charge in [0.05, 0.1) is 12.2 Å². The molecule has 0 saturated heterocycles. The van der Waals surface area contributed by atoms with Crippen LogP contribution in [-0.2, 0) is 17.5 Å². The lowest BCUT2D eigenvalue weighted by atomic mass is 10.2. The van der Waals surface area contributed by atoms with E-state index >= 15 is 0 Å². The number of hydrogen-bond acceptors (Lipinski definition) is 4. The standard InChI is InChI=1S/C16H17F3N2O2/c1-22-8-9-23-14-5-3-2-4-12(14)11-21-15-10-13(6-7-20-15)16(17,18)19/h2-7,10H,8-9,11H2,1H3,(H,20,21). The third-order valence-corrected chi connectivity index (χ3v) is 3.06. The number of para-hydroxylation sites is 1. The average Bonchev–Trinajstić information content (AvgIpc) is 2.54. The fourth-order valence-electron chi connectivity index (χ4n) is 1.91. The third-order valence-electron chi connectivity index (χ3n) is 3.06. The first-order chi connectivity index (χ1) is 11.0. The van der Waals surface area contributed by atoms with Crippen molar-refractivity contribution in [2.24, 2.45) is 0 Å². The van der Waals surface area contributed by atoms with Gasteiger partial charge in [-0.1, -0.05) is 18.2 Å². The molecule has 1 N–H and O–H groups in total. The minimum absolute atomic E-state index is 0.159. The first-order valence-electron chi connectivity index (χ1n) is 6.97. The highest BCUT2D eigenvalue weighted by Gasteiger charge is 2.30. The molecule has 0 atom stereocenters. The topological polar surface area (TPSA) is 43.4 Å². The number of hydrogen-bond donors (Lipinski definition) is 1. The van der Waals surface area contributed by atoms with E-state index in [1.807, 2.05) is 18.2 Å². The van der Waals surface area contributed by atoms with Crippen molar-refractivity contribution in [2.45, 2.75) is 12.7 Å². The van der Waals surface area contributed by atoms with Crippen molar-refractivity contribution in [3.05, 3.63) is 53.7 Å². The molecule has 0 aliphatic rings. The van der Waals surface area contributed by atoms with E-state index < -0.39 is 11.7 Å². The van der Waals surface area contributed by atoms with Crippen LogP contribution >= 0.6 is 0 Å². The number of pyridine rings is 1. The van der Waals surface area contributed by atoms with Crippen molar-refractivity contribution in [3.8, 4) is 5.75 Å². The Bertz CT molecular complexity index is 633. The van der Waals surface area contributed by atoms with Gasteiger partial charge < -0.3 is 14.8 Å².